The van der Waals surface area contributed by atoms with Gasteiger partial charge in [-0.15, -0.1) is 0 Å². The molecule has 2 aliphatic rings. The first-order chi connectivity index (χ1) is 5.85. The van der Waals surface area contributed by atoms with E-state index in [4.69, 9.17) is 0 Å². The highest BCUT2D eigenvalue weighted by Crippen LogP contribution is 2.46. The fourth-order valence-corrected chi connectivity index (χ4v) is 2.42. The SMILES string of the molecule is O=CC1(CC2CC=CC2)CCC1. The van der Waals surface area contributed by atoms with Gasteiger partial charge in [0.05, 0.1) is 0 Å². The normalized spacial score (nSPS) is 27.0. The third-order valence-corrected chi connectivity index (χ3v) is 3.40. The van der Waals surface area contributed by atoms with Gasteiger partial charge in [-0.3, -0.25) is 0 Å². The maximum absolute atomic E-state index is 10.9. The van der Waals surface area contributed by atoms with Gasteiger partial charge in [-0.1, -0.05) is 18.6 Å². The second-order valence-electron chi connectivity index (χ2n) is 4.35. The van der Waals surface area contributed by atoms with Gasteiger partial charge in [-0.25, -0.2) is 0 Å². The lowest BCUT2D eigenvalue weighted by molar-refractivity contribution is -0.121. The van der Waals surface area contributed by atoms with Crippen molar-refractivity contribution in [3.05, 3.63) is 12.2 Å². The number of carbonyl (C=O) groups excluding carboxylic acids is 1. The summed E-state index contributed by atoms with van der Waals surface area (Å²) in [5.41, 5.74) is 0.108. The Morgan fingerprint density at radius 1 is 1.33 bits per heavy atom. The molecule has 2 aliphatic carbocycles. The number of carbonyl (C=O) groups is 1. The zero-order chi connectivity index (χ0) is 8.44. The van der Waals surface area contributed by atoms with Gasteiger partial charge in [0, 0.05) is 5.41 Å². The summed E-state index contributed by atoms with van der Waals surface area (Å²) in [6.45, 7) is 0. The van der Waals surface area contributed by atoms with E-state index in [0.717, 1.165) is 25.2 Å². The minimum atomic E-state index is 0.108. The Balaban J connectivity index is 1.88. The summed E-state index contributed by atoms with van der Waals surface area (Å²) < 4.78 is 0. The van der Waals surface area contributed by atoms with Crippen LogP contribution in [0, 0.1) is 11.3 Å². The number of aldehydes is 1. The second kappa shape index (κ2) is 3.04. The predicted octanol–water partition coefficient (Wildman–Crippen LogP) is 2.71. The van der Waals surface area contributed by atoms with Crippen LogP contribution in [-0.2, 0) is 4.79 Å². The quantitative estimate of drug-likeness (QED) is 0.463. The summed E-state index contributed by atoms with van der Waals surface area (Å²) in [5.74, 6) is 0.774. The Hall–Kier alpha value is -0.590. The van der Waals surface area contributed by atoms with Crippen LogP contribution in [0.4, 0.5) is 0 Å². The highest BCUT2D eigenvalue weighted by molar-refractivity contribution is 5.60. The maximum Gasteiger partial charge on any atom is 0.126 e. The van der Waals surface area contributed by atoms with Crippen molar-refractivity contribution in [1.29, 1.82) is 0 Å². The lowest BCUT2D eigenvalue weighted by atomic mass is 9.65. The molecule has 0 radical (unpaired) electrons. The summed E-state index contributed by atoms with van der Waals surface area (Å²) in [6, 6.07) is 0. The van der Waals surface area contributed by atoms with Gasteiger partial charge in [0.15, 0.2) is 0 Å². The van der Waals surface area contributed by atoms with E-state index >= 15 is 0 Å². The van der Waals surface area contributed by atoms with Gasteiger partial charge >= 0.3 is 0 Å². The number of rotatable bonds is 3. The first-order valence-electron chi connectivity index (χ1n) is 4.96. The average Bonchev–Trinajstić information content (AvgIpc) is 2.49. The Kier molecular flexibility index (Phi) is 2.03. The number of allylic oxidation sites excluding steroid dienone is 2. The van der Waals surface area contributed by atoms with Gasteiger partial charge in [0.1, 0.15) is 6.29 Å². The van der Waals surface area contributed by atoms with E-state index in [0.29, 0.717) is 0 Å². The van der Waals surface area contributed by atoms with Crippen LogP contribution in [0.5, 0.6) is 0 Å². The van der Waals surface area contributed by atoms with E-state index < -0.39 is 0 Å². The highest BCUT2D eigenvalue weighted by Gasteiger charge is 2.38. The minimum Gasteiger partial charge on any atom is -0.303 e. The first-order valence-corrected chi connectivity index (χ1v) is 4.96. The van der Waals surface area contributed by atoms with Crippen molar-refractivity contribution < 1.29 is 4.79 Å². The van der Waals surface area contributed by atoms with Crippen LogP contribution in [0.15, 0.2) is 12.2 Å². The highest BCUT2D eigenvalue weighted by atomic mass is 16.1. The summed E-state index contributed by atoms with van der Waals surface area (Å²) >= 11 is 0. The number of hydrogen-bond donors (Lipinski definition) is 0. The van der Waals surface area contributed by atoms with E-state index in [9.17, 15) is 4.79 Å². The Morgan fingerprint density at radius 3 is 2.42 bits per heavy atom. The molecule has 12 heavy (non-hydrogen) atoms. The smallest absolute Gasteiger partial charge is 0.126 e. The van der Waals surface area contributed by atoms with Gasteiger partial charge in [-0.05, 0) is 38.0 Å². The zero-order valence-electron chi connectivity index (χ0n) is 7.46. The fraction of sp³-hybridized carbons (Fsp3) is 0.727. The molecule has 2 rings (SSSR count). The van der Waals surface area contributed by atoms with Gasteiger partial charge in [-0.2, -0.15) is 0 Å². The third-order valence-electron chi connectivity index (χ3n) is 3.40. The van der Waals surface area contributed by atoms with Crippen molar-refractivity contribution in [3.8, 4) is 0 Å². The van der Waals surface area contributed by atoms with E-state index in [1.54, 1.807) is 0 Å². The molecule has 1 heteroatoms. The molecule has 0 bridgehead atoms. The number of hydrogen-bond acceptors (Lipinski definition) is 1. The van der Waals surface area contributed by atoms with Gasteiger partial charge in [0.2, 0.25) is 0 Å². The largest absolute Gasteiger partial charge is 0.303 e. The average molecular weight is 164 g/mol. The van der Waals surface area contributed by atoms with E-state index in [1.807, 2.05) is 0 Å². The van der Waals surface area contributed by atoms with Crippen molar-refractivity contribution in [2.45, 2.75) is 38.5 Å². The molecule has 0 saturated heterocycles. The van der Waals surface area contributed by atoms with E-state index in [-0.39, 0.29) is 5.41 Å². The standard InChI is InChI=1S/C11H16O/c12-9-11(6-3-7-11)8-10-4-1-2-5-10/h1-2,9-10H,3-8H2. The molecule has 0 amide bonds. The van der Waals surface area contributed by atoms with Crippen LogP contribution in [0.25, 0.3) is 0 Å². The zero-order valence-corrected chi connectivity index (χ0v) is 7.46. The molecule has 0 N–H and O–H groups in total. The molecule has 0 atom stereocenters. The van der Waals surface area contributed by atoms with Crippen molar-refractivity contribution in [2.75, 3.05) is 0 Å². The Morgan fingerprint density at radius 2 is 2.00 bits per heavy atom. The summed E-state index contributed by atoms with van der Waals surface area (Å²) in [5, 5.41) is 0. The molecule has 1 nitrogen and oxygen atoms in total. The third kappa shape index (κ3) is 1.33. The van der Waals surface area contributed by atoms with Gasteiger partial charge in [0.25, 0.3) is 0 Å². The minimum absolute atomic E-state index is 0.108. The van der Waals surface area contributed by atoms with Crippen LogP contribution in [-0.4, -0.2) is 6.29 Å². The van der Waals surface area contributed by atoms with Crippen LogP contribution >= 0.6 is 0 Å². The molecular weight excluding hydrogens is 148 g/mol. The first kappa shape index (κ1) is 8.03. The Labute approximate surface area is 73.8 Å². The van der Waals surface area contributed by atoms with Crippen LogP contribution in [0.2, 0.25) is 0 Å². The fourth-order valence-electron chi connectivity index (χ4n) is 2.42. The molecule has 0 aromatic rings. The molecule has 0 aromatic carbocycles. The molecule has 1 saturated carbocycles. The summed E-state index contributed by atoms with van der Waals surface area (Å²) in [6.07, 6.45) is 12.8. The molecule has 0 spiro atoms. The maximum atomic E-state index is 10.9. The van der Waals surface area contributed by atoms with E-state index in [2.05, 4.69) is 12.2 Å². The molecule has 0 aliphatic heterocycles. The summed E-state index contributed by atoms with van der Waals surface area (Å²) in [7, 11) is 0. The van der Waals surface area contributed by atoms with Gasteiger partial charge < -0.3 is 4.79 Å². The predicted molar refractivity (Wildman–Crippen MR) is 48.8 cm³/mol. The van der Waals surface area contributed by atoms with E-state index in [1.165, 1.54) is 25.5 Å². The van der Waals surface area contributed by atoms with Crippen LogP contribution in [0.3, 0.4) is 0 Å². The summed E-state index contributed by atoms with van der Waals surface area (Å²) in [4.78, 5) is 10.9. The Bertz CT molecular complexity index is 193. The topological polar surface area (TPSA) is 17.1 Å². The van der Waals surface area contributed by atoms with Crippen molar-refractivity contribution in [1.82, 2.24) is 0 Å². The monoisotopic (exact) mass is 164 g/mol. The second-order valence-corrected chi connectivity index (χ2v) is 4.35. The van der Waals surface area contributed by atoms with Crippen LogP contribution < -0.4 is 0 Å². The van der Waals surface area contributed by atoms with Crippen LogP contribution in [0.1, 0.15) is 38.5 Å². The lowest BCUT2D eigenvalue weighted by Crippen LogP contribution is -2.32. The molecule has 1 fully saturated rings. The molecule has 0 heterocycles. The molecular formula is C11H16O. The molecule has 0 aromatic heterocycles. The van der Waals surface area contributed by atoms with Crippen molar-refractivity contribution in [2.24, 2.45) is 11.3 Å². The molecule has 0 unspecified atom stereocenters. The van der Waals surface area contributed by atoms with Crippen molar-refractivity contribution >= 4 is 6.29 Å². The lowest BCUT2D eigenvalue weighted by Gasteiger charge is -2.38. The van der Waals surface area contributed by atoms with Crippen molar-refractivity contribution in [3.63, 3.8) is 0 Å². The molecule has 66 valence electrons.